The molecule has 0 N–H and O–H groups in total. The minimum absolute atomic E-state index is 0.225. The Morgan fingerprint density at radius 3 is 3.00 bits per heavy atom. The van der Waals surface area contributed by atoms with Gasteiger partial charge in [0.25, 0.3) is 0 Å². The summed E-state index contributed by atoms with van der Waals surface area (Å²) in [6.45, 7) is 2.22. The summed E-state index contributed by atoms with van der Waals surface area (Å²) in [5.41, 5.74) is 1.89. The van der Waals surface area contributed by atoms with E-state index in [2.05, 4.69) is 15.9 Å². The van der Waals surface area contributed by atoms with Gasteiger partial charge in [0.2, 0.25) is 0 Å². The summed E-state index contributed by atoms with van der Waals surface area (Å²) in [4.78, 5) is 0. The van der Waals surface area contributed by atoms with Crippen LogP contribution >= 0.6 is 15.9 Å². The third-order valence-corrected chi connectivity index (χ3v) is 3.14. The summed E-state index contributed by atoms with van der Waals surface area (Å²) in [5.74, 6) is 0.764. The highest BCUT2D eigenvalue weighted by Gasteiger charge is 2.12. The molecule has 0 aliphatic carbocycles. The van der Waals surface area contributed by atoms with Crippen LogP contribution in [0.2, 0.25) is 0 Å². The molecule has 80 valence electrons. The van der Waals surface area contributed by atoms with Crippen molar-refractivity contribution in [2.45, 2.75) is 6.92 Å². The molecule has 0 amide bonds. The van der Waals surface area contributed by atoms with Gasteiger partial charge in [-0.1, -0.05) is 0 Å². The molecule has 0 radical (unpaired) electrons. The number of fused-ring (bicyclic) bond motifs is 1. The number of hydrogen-bond donors (Lipinski definition) is 0. The smallest absolute Gasteiger partial charge is 0.188 e. The van der Waals surface area contributed by atoms with Gasteiger partial charge in [-0.2, -0.15) is 0 Å². The first-order valence-electron chi connectivity index (χ1n) is 4.52. The van der Waals surface area contributed by atoms with Crippen molar-refractivity contribution in [2.24, 2.45) is 0 Å². The molecular weight excluding hydrogens is 260 g/mol. The van der Waals surface area contributed by atoms with Crippen molar-refractivity contribution >= 4 is 26.9 Å². The predicted octanol–water partition coefficient (Wildman–Crippen LogP) is 3.49. The number of methoxy groups -OCH3 is 1. The normalized spacial score (nSPS) is 10.9. The number of aryl methyl sites for hydroxylation is 1. The van der Waals surface area contributed by atoms with Crippen LogP contribution in [0.25, 0.3) is 11.0 Å². The van der Waals surface area contributed by atoms with Crippen LogP contribution in [0.5, 0.6) is 5.75 Å². The lowest BCUT2D eigenvalue weighted by atomic mass is 10.2. The third-order valence-electron chi connectivity index (χ3n) is 2.15. The number of rotatable bonds is 3. The first kappa shape index (κ1) is 10.5. The lowest BCUT2D eigenvalue weighted by molar-refractivity contribution is 0.0516. The molecule has 2 rings (SSSR count). The molecule has 0 saturated heterocycles. The first-order chi connectivity index (χ1) is 7.24. The van der Waals surface area contributed by atoms with Crippen LogP contribution in [0.3, 0.4) is 0 Å². The quantitative estimate of drug-likeness (QED) is 0.801. The maximum atomic E-state index is 5.51. The van der Waals surface area contributed by atoms with Crippen LogP contribution < -0.4 is 4.74 Å². The number of hydrogen-bond acceptors (Lipinski definition) is 3. The Labute approximate surface area is 96.1 Å². The second-order valence-corrected chi connectivity index (χ2v) is 4.01. The Hall–Kier alpha value is -1.00. The molecule has 0 saturated carbocycles. The average Bonchev–Trinajstić information content (AvgIpc) is 2.66. The highest BCUT2D eigenvalue weighted by molar-refractivity contribution is 9.10. The Morgan fingerprint density at radius 2 is 2.27 bits per heavy atom. The van der Waals surface area contributed by atoms with Gasteiger partial charge in [-0.15, -0.1) is 0 Å². The summed E-state index contributed by atoms with van der Waals surface area (Å²) in [5, 5.41) is 0.949. The van der Waals surface area contributed by atoms with Crippen molar-refractivity contribution in [3.8, 4) is 5.75 Å². The topological polar surface area (TPSA) is 31.6 Å². The van der Waals surface area contributed by atoms with Crippen molar-refractivity contribution < 1.29 is 13.9 Å². The molecule has 0 spiro atoms. The molecule has 0 atom stereocenters. The second-order valence-electron chi connectivity index (χ2n) is 3.22. The zero-order valence-electron chi connectivity index (χ0n) is 8.54. The zero-order chi connectivity index (χ0) is 10.8. The molecule has 1 aromatic carbocycles. The van der Waals surface area contributed by atoms with E-state index in [1.165, 1.54) is 0 Å². The summed E-state index contributed by atoms with van der Waals surface area (Å²) >= 11 is 3.49. The van der Waals surface area contributed by atoms with Gasteiger partial charge in [0.1, 0.15) is 11.3 Å². The predicted molar refractivity (Wildman–Crippen MR) is 61.2 cm³/mol. The summed E-state index contributed by atoms with van der Waals surface area (Å²) in [6, 6.07) is 3.85. The van der Waals surface area contributed by atoms with Gasteiger partial charge < -0.3 is 13.9 Å². The molecular formula is C11H11BrO3. The molecule has 4 heteroatoms. The van der Waals surface area contributed by atoms with Crippen LogP contribution in [0.15, 0.2) is 27.3 Å². The van der Waals surface area contributed by atoms with Crippen LogP contribution in [0, 0.1) is 6.92 Å². The van der Waals surface area contributed by atoms with E-state index in [0.29, 0.717) is 0 Å². The van der Waals surface area contributed by atoms with Gasteiger partial charge in [-0.25, -0.2) is 0 Å². The lowest BCUT2D eigenvalue weighted by Gasteiger charge is -2.09. The minimum Gasteiger partial charge on any atom is -0.466 e. The highest BCUT2D eigenvalue weighted by atomic mass is 79.9. The second kappa shape index (κ2) is 4.24. The molecule has 0 unspecified atom stereocenters. The van der Waals surface area contributed by atoms with Gasteiger partial charge in [-0.3, -0.25) is 0 Å². The molecule has 2 aromatic rings. The number of halogens is 1. The van der Waals surface area contributed by atoms with Crippen molar-refractivity contribution in [1.29, 1.82) is 0 Å². The fourth-order valence-corrected chi connectivity index (χ4v) is 1.88. The molecule has 0 aliphatic heterocycles. The maximum absolute atomic E-state index is 5.51. The van der Waals surface area contributed by atoms with Crippen LogP contribution in [0.1, 0.15) is 5.56 Å². The average molecular weight is 271 g/mol. The molecule has 1 heterocycles. The Bertz CT molecular complexity index is 476. The van der Waals surface area contributed by atoms with Gasteiger partial charge in [0, 0.05) is 7.11 Å². The highest BCUT2D eigenvalue weighted by Crippen LogP contribution is 2.37. The van der Waals surface area contributed by atoms with Crippen molar-refractivity contribution in [1.82, 2.24) is 0 Å². The van der Waals surface area contributed by atoms with Gasteiger partial charge >= 0.3 is 0 Å². The number of benzene rings is 1. The molecule has 3 nitrogen and oxygen atoms in total. The third kappa shape index (κ3) is 1.87. The molecule has 15 heavy (non-hydrogen) atoms. The fourth-order valence-electron chi connectivity index (χ4n) is 1.44. The number of ether oxygens (including phenoxy) is 2. The van der Waals surface area contributed by atoms with E-state index < -0.39 is 0 Å². The van der Waals surface area contributed by atoms with Crippen molar-refractivity contribution in [3.05, 3.63) is 28.4 Å². The maximum Gasteiger partial charge on any atom is 0.188 e. The Kier molecular flexibility index (Phi) is 2.98. The van der Waals surface area contributed by atoms with E-state index in [0.717, 1.165) is 26.8 Å². The summed E-state index contributed by atoms with van der Waals surface area (Å²) in [7, 11) is 1.59. The van der Waals surface area contributed by atoms with Crippen molar-refractivity contribution in [2.75, 3.05) is 13.9 Å². The minimum atomic E-state index is 0.225. The SMILES string of the molecule is COCOc1c(Br)c(C)cc2occc12. The van der Waals surface area contributed by atoms with E-state index in [9.17, 15) is 0 Å². The van der Waals surface area contributed by atoms with Gasteiger partial charge in [0.15, 0.2) is 6.79 Å². The van der Waals surface area contributed by atoms with E-state index in [1.807, 2.05) is 19.1 Å². The fraction of sp³-hybridized carbons (Fsp3) is 0.273. The van der Waals surface area contributed by atoms with E-state index in [-0.39, 0.29) is 6.79 Å². The van der Waals surface area contributed by atoms with Gasteiger partial charge in [0.05, 0.1) is 16.1 Å². The molecule has 1 aromatic heterocycles. The Morgan fingerprint density at radius 1 is 1.47 bits per heavy atom. The van der Waals surface area contributed by atoms with E-state index in [4.69, 9.17) is 13.9 Å². The summed E-state index contributed by atoms with van der Waals surface area (Å²) < 4.78 is 16.7. The standard InChI is InChI=1S/C11H11BrO3/c1-7-5-9-8(3-4-14-9)11(10(7)12)15-6-13-2/h3-5H,6H2,1-2H3. The summed E-state index contributed by atoms with van der Waals surface area (Å²) in [6.07, 6.45) is 1.65. The first-order valence-corrected chi connectivity index (χ1v) is 5.31. The van der Waals surface area contributed by atoms with Crippen LogP contribution in [-0.2, 0) is 4.74 Å². The van der Waals surface area contributed by atoms with E-state index >= 15 is 0 Å². The molecule has 0 fully saturated rings. The van der Waals surface area contributed by atoms with E-state index in [1.54, 1.807) is 13.4 Å². The Balaban J connectivity index is 2.56. The van der Waals surface area contributed by atoms with Crippen molar-refractivity contribution in [3.63, 3.8) is 0 Å². The van der Waals surface area contributed by atoms with Gasteiger partial charge in [-0.05, 0) is 40.5 Å². The van der Waals surface area contributed by atoms with Crippen LogP contribution in [0.4, 0.5) is 0 Å². The lowest BCUT2D eigenvalue weighted by Crippen LogP contribution is -2.00. The number of furan rings is 1. The monoisotopic (exact) mass is 270 g/mol. The zero-order valence-corrected chi connectivity index (χ0v) is 10.1. The molecule has 0 bridgehead atoms. The largest absolute Gasteiger partial charge is 0.466 e. The van der Waals surface area contributed by atoms with Crippen LogP contribution in [-0.4, -0.2) is 13.9 Å². The molecule has 0 aliphatic rings.